The van der Waals surface area contributed by atoms with Gasteiger partial charge >= 0.3 is 0 Å². The number of hydrogen-bond donors (Lipinski definition) is 2. The van der Waals surface area contributed by atoms with Crippen molar-refractivity contribution in [2.75, 3.05) is 6.54 Å². The number of carbonyl (C=O) groups is 2. The molecule has 0 spiro atoms. The molecule has 3 rings (SSSR count). The highest BCUT2D eigenvalue weighted by atomic mass is 16.6. The number of nitrogens with one attached hydrogen (secondary N) is 2. The minimum absolute atomic E-state index is 0.113. The molecule has 1 unspecified atom stereocenters. The first-order valence-corrected chi connectivity index (χ1v) is 9.86. The smallest absolute Gasteiger partial charge is 0.270 e. The first-order valence-electron chi connectivity index (χ1n) is 9.86. The van der Waals surface area contributed by atoms with Crippen molar-refractivity contribution in [1.82, 2.24) is 15.6 Å². The summed E-state index contributed by atoms with van der Waals surface area (Å²) in [6.45, 7) is 1.98. The molecule has 1 heterocycles. The largest absolute Gasteiger partial charge is 0.489 e. The molecular formula is C23H22N4O5. The Hall–Kier alpha value is -4.27. The molecule has 0 aliphatic carbocycles. The van der Waals surface area contributed by atoms with E-state index in [0.29, 0.717) is 12.4 Å². The molecule has 0 fully saturated rings. The van der Waals surface area contributed by atoms with E-state index in [1.54, 1.807) is 12.4 Å². The quantitative estimate of drug-likeness (QED) is 0.394. The van der Waals surface area contributed by atoms with Gasteiger partial charge in [0.1, 0.15) is 12.4 Å². The number of rotatable bonds is 9. The van der Waals surface area contributed by atoms with Crippen molar-refractivity contribution in [2.45, 2.75) is 19.6 Å². The van der Waals surface area contributed by atoms with E-state index in [2.05, 4.69) is 15.6 Å². The van der Waals surface area contributed by atoms with Crippen LogP contribution in [0.25, 0.3) is 0 Å². The van der Waals surface area contributed by atoms with Gasteiger partial charge in [-0.05, 0) is 36.8 Å². The molecule has 3 aromatic rings. The number of benzene rings is 2. The van der Waals surface area contributed by atoms with Gasteiger partial charge in [0.25, 0.3) is 11.6 Å². The maximum absolute atomic E-state index is 12.2. The highest BCUT2D eigenvalue weighted by molar-refractivity contribution is 5.97. The topological polar surface area (TPSA) is 123 Å². The van der Waals surface area contributed by atoms with Crippen LogP contribution in [-0.4, -0.2) is 28.3 Å². The number of amides is 2. The molecule has 0 aliphatic rings. The molecule has 0 radical (unpaired) electrons. The number of nitro groups is 1. The normalized spacial score (nSPS) is 11.3. The first kappa shape index (κ1) is 22.4. The van der Waals surface area contributed by atoms with Crippen molar-refractivity contribution in [3.63, 3.8) is 0 Å². The first-order chi connectivity index (χ1) is 15.4. The van der Waals surface area contributed by atoms with Gasteiger partial charge in [-0.15, -0.1) is 0 Å². The predicted octanol–water partition coefficient (Wildman–Crippen LogP) is 3.18. The predicted molar refractivity (Wildman–Crippen MR) is 117 cm³/mol. The van der Waals surface area contributed by atoms with Crippen LogP contribution in [0.5, 0.6) is 5.75 Å². The zero-order valence-electron chi connectivity index (χ0n) is 17.4. The maximum atomic E-state index is 12.2. The summed E-state index contributed by atoms with van der Waals surface area (Å²) >= 11 is 0. The van der Waals surface area contributed by atoms with E-state index in [4.69, 9.17) is 4.74 Å². The van der Waals surface area contributed by atoms with Crippen molar-refractivity contribution in [3.8, 4) is 5.75 Å². The third-order valence-electron chi connectivity index (χ3n) is 4.61. The van der Waals surface area contributed by atoms with Crippen LogP contribution in [-0.2, 0) is 11.4 Å². The second-order valence-electron chi connectivity index (χ2n) is 7.00. The molecule has 1 atom stereocenters. The second kappa shape index (κ2) is 10.7. The van der Waals surface area contributed by atoms with Gasteiger partial charge in [0.05, 0.1) is 17.5 Å². The summed E-state index contributed by atoms with van der Waals surface area (Å²) in [6, 6.07) is 16.1. The summed E-state index contributed by atoms with van der Waals surface area (Å²) in [6.07, 6.45) is 3.44. The number of hydrogen-bond acceptors (Lipinski definition) is 6. The average molecular weight is 434 g/mol. The molecule has 9 nitrogen and oxygen atoms in total. The zero-order chi connectivity index (χ0) is 22.9. The van der Waals surface area contributed by atoms with E-state index in [-0.39, 0.29) is 29.7 Å². The summed E-state index contributed by atoms with van der Waals surface area (Å²) in [7, 11) is 0. The number of pyridine rings is 1. The fourth-order valence-electron chi connectivity index (χ4n) is 2.90. The molecule has 2 amide bonds. The van der Waals surface area contributed by atoms with Gasteiger partial charge in [-0.25, -0.2) is 0 Å². The maximum Gasteiger partial charge on any atom is 0.270 e. The van der Waals surface area contributed by atoms with Crippen LogP contribution in [0.15, 0.2) is 73.1 Å². The van der Waals surface area contributed by atoms with Crippen LogP contribution >= 0.6 is 0 Å². The van der Waals surface area contributed by atoms with E-state index >= 15 is 0 Å². The number of nitro benzene ring substituents is 1. The van der Waals surface area contributed by atoms with E-state index in [1.165, 1.54) is 18.2 Å². The second-order valence-corrected chi connectivity index (χ2v) is 7.00. The van der Waals surface area contributed by atoms with E-state index in [0.717, 1.165) is 17.2 Å². The molecule has 1 aromatic heterocycles. The number of non-ortho nitro benzene ring substituents is 1. The third-order valence-corrected chi connectivity index (χ3v) is 4.61. The lowest BCUT2D eigenvalue weighted by molar-refractivity contribution is -0.384. The van der Waals surface area contributed by atoms with Crippen LogP contribution < -0.4 is 15.4 Å². The molecule has 0 saturated carbocycles. The number of aromatic nitrogens is 1. The van der Waals surface area contributed by atoms with E-state index in [9.17, 15) is 19.7 Å². The molecule has 0 saturated heterocycles. The van der Waals surface area contributed by atoms with Gasteiger partial charge < -0.3 is 15.4 Å². The monoisotopic (exact) mass is 434 g/mol. The number of carbonyl (C=O) groups excluding carboxylic acids is 2. The summed E-state index contributed by atoms with van der Waals surface area (Å²) in [4.78, 5) is 38.6. The molecule has 32 heavy (non-hydrogen) atoms. The van der Waals surface area contributed by atoms with Crippen LogP contribution in [0.3, 0.4) is 0 Å². The Kier molecular flexibility index (Phi) is 7.47. The van der Waals surface area contributed by atoms with Crippen LogP contribution in [0, 0.1) is 10.1 Å². The molecular weight excluding hydrogens is 412 g/mol. The van der Waals surface area contributed by atoms with Gasteiger partial charge in [0.2, 0.25) is 5.91 Å². The molecule has 2 N–H and O–H groups in total. The van der Waals surface area contributed by atoms with Gasteiger partial charge in [-0.2, -0.15) is 0 Å². The Bertz CT molecular complexity index is 1090. The van der Waals surface area contributed by atoms with Crippen molar-refractivity contribution in [2.24, 2.45) is 0 Å². The van der Waals surface area contributed by atoms with Gasteiger partial charge in [0.15, 0.2) is 0 Å². The third kappa shape index (κ3) is 6.36. The minimum Gasteiger partial charge on any atom is -0.489 e. The lowest BCUT2D eigenvalue weighted by atomic mass is 10.1. The highest BCUT2D eigenvalue weighted by Crippen LogP contribution is 2.18. The standard InChI is InChI=1S/C23H22N4O5/c1-16(18-7-9-21(10-8-18)32-15-17-4-3-11-24-13-17)26-22(28)14-25-23(29)19-5-2-6-20(12-19)27(30)31/h2-13,16H,14-15H2,1H3,(H,25,29)(H,26,28). The summed E-state index contributed by atoms with van der Waals surface area (Å²) in [5.41, 5.74) is 1.76. The molecule has 2 aromatic carbocycles. The van der Waals surface area contributed by atoms with Crippen molar-refractivity contribution in [3.05, 3.63) is 99.9 Å². The van der Waals surface area contributed by atoms with Crippen molar-refractivity contribution >= 4 is 17.5 Å². The average Bonchev–Trinajstić information content (AvgIpc) is 2.82. The fourth-order valence-corrected chi connectivity index (χ4v) is 2.90. The zero-order valence-corrected chi connectivity index (χ0v) is 17.4. The molecule has 0 aliphatic heterocycles. The Morgan fingerprint density at radius 2 is 1.91 bits per heavy atom. The summed E-state index contributed by atoms with van der Waals surface area (Å²) in [5.74, 6) is -0.250. The number of nitrogens with zero attached hydrogens (tertiary/aromatic N) is 2. The Morgan fingerprint density at radius 3 is 2.59 bits per heavy atom. The minimum atomic E-state index is -0.583. The van der Waals surface area contributed by atoms with Gasteiger partial charge in [-0.3, -0.25) is 24.7 Å². The SMILES string of the molecule is CC(NC(=O)CNC(=O)c1cccc([N+](=O)[O-])c1)c1ccc(OCc2cccnc2)cc1. The van der Waals surface area contributed by atoms with Crippen LogP contribution in [0.2, 0.25) is 0 Å². The number of ether oxygens (including phenoxy) is 1. The summed E-state index contributed by atoms with van der Waals surface area (Å²) in [5, 5.41) is 16.1. The lowest BCUT2D eigenvalue weighted by Gasteiger charge is -2.15. The molecule has 0 bridgehead atoms. The lowest BCUT2D eigenvalue weighted by Crippen LogP contribution is -2.38. The van der Waals surface area contributed by atoms with Crippen molar-refractivity contribution < 1.29 is 19.2 Å². The van der Waals surface area contributed by atoms with Crippen LogP contribution in [0.4, 0.5) is 5.69 Å². The van der Waals surface area contributed by atoms with Gasteiger partial charge in [-0.1, -0.05) is 24.3 Å². The highest BCUT2D eigenvalue weighted by Gasteiger charge is 2.14. The molecule has 164 valence electrons. The Morgan fingerprint density at radius 1 is 1.12 bits per heavy atom. The Balaban J connectivity index is 1.47. The summed E-state index contributed by atoms with van der Waals surface area (Å²) < 4.78 is 5.72. The van der Waals surface area contributed by atoms with Gasteiger partial charge in [0, 0.05) is 35.7 Å². The Labute approximate surface area is 184 Å². The van der Waals surface area contributed by atoms with Crippen LogP contribution in [0.1, 0.15) is 34.5 Å². The molecule has 9 heteroatoms. The van der Waals surface area contributed by atoms with E-state index in [1.807, 2.05) is 43.3 Å². The fraction of sp³-hybridized carbons (Fsp3) is 0.174. The van der Waals surface area contributed by atoms with Crippen molar-refractivity contribution in [1.29, 1.82) is 0 Å². The van der Waals surface area contributed by atoms with E-state index < -0.39 is 10.8 Å².